The van der Waals surface area contributed by atoms with E-state index >= 15 is 0 Å². The molecule has 0 radical (unpaired) electrons. The molecule has 14 heavy (non-hydrogen) atoms. The van der Waals surface area contributed by atoms with Gasteiger partial charge in [0, 0.05) is 6.54 Å². The molecule has 1 saturated heterocycles. The molecule has 1 unspecified atom stereocenters. The lowest BCUT2D eigenvalue weighted by molar-refractivity contribution is 0.185. The van der Waals surface area contributed by atoms with Crippen LogP contribution in [0, 0.1) is 11.3 Å². The van der Waals surface area contributed by atoms with Crippen LogP contribution in [0.5, 0.6) is 0 Å². The highest BCUT2D eigenvalue weighted by molar-refractivity contribution is 4.78. The van der Waals surface area contributed by atoms with Gasteiger partial charge in [0.15, 0.2) is 0 Å². The molecule has 1 fully saturated rings. The van der Waals surface area contributed by atoms with Crippen LogP contribution < -0.4 is 0 Å². The Morgan fingerprint density at radius 3 is 2.50 bits per heavy atom. The van der Waals surface area contributed by atoms with Gasteiger partial charge >= 0.3 is 0 Å². The molecule has 84 valence electrons. The Kier molecular flexibility index (Phi) is 4.39. The van der Waals surface area contributed by atoms with Gasteiger partial charge in [-0.15, -0.1) is 0 Å². The van der Waals surface area contributed by atoms with E-state index < -0.39 is 0 Å². The van der Waals surface area contributed by atoms with Gasteiger partial charge in [-0.05, 0) is 43.7 Å². The summed E-state index contributed by atoms with van der Waals surface area (Å²) in [4.78, 5) is 2.39. The standard InChI is InChI=1S/C12H25NO/c1-12(2,3)11-5-4-7-13(8-6-11)9-10-14/h11,14H,4-10H2,1-3H3. The molecule has 1 aliphatic rings. The van der Waals surface area contributed by atoms with Gasteiger partial charge < -0.3 is 10.0 Å². The number of β-amino-alcohol motifs (C(OH)–C–C–N with tert-alkyl or cyclic N) is 1. The Balaban J connectivity index is 2.41. The third-order valence-electron chi connectivity index (χ3n) is 3.46. The first-order chi connectivity index (χ1) is 6.54. The van der Waals surface area contributed by atoms with Crippen LogP contribution in [0.2, 0.25) is 0 Å². The fraction of sp³-hybridized carbons (Fsp3) is 1.00. The van der Waals surface area contributed by atoms with Crippen LogP contribution in [-0.2, 0) is 0 Å². The summed E-state index contributed by atoms with van der Waals surface area (Å²) in [5.74, 6) is 0.853. The lowest BCUT2D eigenvalue weighted by Crippen LogP contribution is -2.28. The van der Waals surface area contributed by atoms with Crippen molar-refractivity contribution >= 4 is 0 Å². The van der Waals surface area contributed by atoms with E-state index in [0.29, 0.717) is 12.0 Å². The number of rotatable bonds is 2. The van der Waals surface area contributed by atoms with Crippen molar-refractivity contribution in [3.63, 3.8) is 0 Å². The summed E-state index contributed by atoms with van der Waals surface area (Å²) in [5, 5.41) is 8.89. The molecule has 1 rings (SSSR count). The summed E-state index contributed by atoms with van der Waals surface area (Å²) in [6.07, 6.45) is 3.94. The van der Waals surface area contributed by atoms with Gasteiger partial charge in [0.25, 0.3) is 0 Å². The van der Waals surface area contributed by atoms with E-state index in [1.165, 1.54) is 32.4 Å². The summed E-state index contributed by atoms with van der Waals surface area (Å²) < 4.78 is 0. The molecule has 0 bridgehead atoms. The molecule has 1 heterocycles. The second-order valence-electron chi connectivity index (χ2n) is 5.56. The van der Waals surface area contributed by atoms with Gasteiger partial charge in [-0.1, -0.05) is 20.8 Å². The van der Waals surface area contributed by atoms with Crippen molar-refractivity contribution in [3.8, 4) is 0 Å². The first-order valence-electron chi connectivity index (χ1n) is 5.87. The van der Waals surface area contributed by atoms with Gasteiger partial charge in [0.2, 0.25) is 0 Å². The van der Waals surface area contributed by atoms with Crippen molar-refractivity contribution < 1.29 is 5.11 Å². The third-order valence-corrected chi connectivity index (χ3v) is 3.46. The van der Waals surface area contributed by atoms with E-state index in [0.717, 1.165) is 12.5 Å². The highest BCUT2D eigenvalue weighted by Gasteiger charge is 2.26. The maximum Gasteiger partial charge on any atom is 0.0558 e. The Morgan fingerprint density at radius 2 is 1.93 bits per heavy atom. The van der Waals surface area contributed by atoms with Crippen molar-refractivity contribution in [3.05, 3.63) is 0 Å². The summed E-state index contributed by atoms with van der Waals surface area (Å²) in [7, 11) is 0. The molecule has 2 nitrogen and oxygen atoms in total. The SMILES string of the molecule is CC(C)(C)C1CCCN(CCO)CC1. The second kappa shape index (κ2) is 5.13. The molecule has 0 aromatic rings. The highest BCUT2D eigenvalue weighted by atomic mass is 16.3. The number of nitrogens with zero attached hydrogens (tertiary/aromatic N) is 1. The maximum atomic E-state index is 8.89. The largest absolute Gasteiger partial charge is 0.395 e. The monoisotopic (exact) mass is 199 g/mol. The van der Waals surface area contributed by atoms with Gasteiger partial charge in [0.05, 0.1) is 6.61 Å². The minimum atomic E-state index is 0.306. The normalized spacial score (nSPS) is 26.1. The van der Waals surface area contributed by atoms with Crippen LogP contribution in [-0.4, -0.2) is 36.2 Å². The average Bonchev–Trinajstić information content (AvgIpc) is 2.29. The summed E-state index contributed by atoms with van der Waals surface area (Å²) in [6.45, 7) is 10.5. The summed E-state index contributed by atoms with van der Waals surface area (Å²) in [6, 6.07) is 0. The smallest absolute Gasteiger partial charge is 0.0558 e. The van der Waals surface area contributed by atoms with Crippen LogP contribution in [0.1, 0.15) is 40.0 Å². The van der Waals surface area contributed by atoms with Gasteiger partial charge in [-0.3, -0.25) is 0 Å². The van der Waals surface area contributed by atoms with Crippen LogP contribution in [0.4, 0.5) is 0 Å². The molecule has 0 saturated carbocycles. The van der Waals surface area contributed by atoms with Crippen LogP contribution in [0.3, 0.4) is 0 Å². The van der Waals surface area contributed by atoms with Crippen LogP contribution >= 0.6 is 0 Å². The number of likely N-dealkylation sites (tertiary alicyclic amines) is 1. The van der Waals surface area contributed by atoms with Gasteiger partial charge in [0.1, 0.15) is 0 Å². The highest BCUT2D eigenvalue weighted by Crippen LogP contribution is 2.34. The number of aliphatic hydroxyl groups excluding tert-OH is 1. The number of hydrogen-bond donors (Lipinski definition) is 1. The minimum Gasteiger partial charge on any atom is -0.395 e. The first-order valence-corrected chi connectivity index (χ1v) is 5.87. The Labute approximate surface area is 88.3 Å². The fourth-order valence-electron chi connectivity index (χ4n) is 2.39. The average molecular weight is 199 g/mol. The number of hydrogen-bond acceptors (Lipinski definition) is 2. The summed E-state index contributed by atoms with van der Waals surface area (Å²) in [5.41, 5.74) is 0.454. The minimum absolute atomic E-state index is 0.306. The van der Waals surface area contributed by atoms with Gasteiger partial charge in [-0.2, -0.15) is 0 Å². The molecule has 1 aliphatic heterocycles. The molecule has 2 heteroatoms. The maximum absolute atomic E-state index is 8.89. The van der Waals surface area contributed by atoms with E-state index in [2.05, 4.69) is 25.7 Å². The molecular weight excluding hydrogens is 174 g/mol. The molecule has 0 aromatic heterocycles. The zero-order valence-electron chi connectivity index (χ0n) is 9.92. The molecule has 0 spiro atoms. The molecular formula is C12H25NO. The van der Waals surface area contributed by atoms with Crippen molar-refractivity contribution in [1.82, 2.24) is 4.90 Å². The lowest BCUT2D eigenvalue weighted by Gasteiger charge is -2.29. The van der Waals surface area contributed by atoms with Crippen LogP contribution in [0.25, 0.3) is 0 Å². The fourth-order valence-corrected chi connectivity index (χ4v) is 2.39. The molecule has 0 aliphatic carbocycles. The zero-order valence-corrected chi connectivity index (χ0v) is 9.92. The van der Waals surface area contributed by atoms with E-state index in [9.17, 15) is 0 Å². The quantitative estimate of drug-likeness (QED) is 0.736. The predicted molar refractivity (Wildman–Crippen MR) is 60.3 cm³/mol. The molecule has 0 aromatic carbocycles. The number of aliphatic hydroxyl groups is 1. The molecule has 1 atom stereocenters. The van der Waals surface area contributed by atoms with Crippen molar-refractivity contribution in [2.24, 2.45) is 11.3 Å². The molecule has 1 N–H and O–H groups in total. The van der Waals surface area contributed by atoms with Crippen molar-refractivity contribution in [2.75, 3.05) is 26.2 Å². The Hall–Kier alpha value is -0.0800. The van der Waals surface area contributed by atoms with E-state index in [1.807, 2.05) is 0 Å². The first kappa shape index (κ1) is 12.0. The Morgan fingerprint density at radius 1 is 1.21 bits per heavy atom. The van der Waals surface area contributed by atoms with E-state index in [-0.39, 0.29) is 0 Å². The zero-order chi connectivity index (χ0) is 10.6. The van der Waals surface area contributed by atoms with E-state index in [1.54, 1.807) is 0 Å². The second-order valence-corrected chi connectivity index (χ2v) is 5.56. The Bertz CT molecular complexity index is 162. The third kappa shape index (κ3) is 3.58. The lowest BCUT2D eigenvalue weighted by atomic mass is 9.77. The summed E-state index contributed by atoms with van der Waals surface area (Å²) >= 11 is 0. The van der Waals surface area contributed by atoms with Gasteiger partial charge in [-0.25, -0.2) is 0 Å². The predicted octanol–water partition coefficient (Wildman–Crippen LogP) is 2.13. The topological polar surface area (TPSA) is 23.5 Å². The molecule has 0 amide bonds. The van der Waals surface area contributed by atoms with Crippen LogP contribution in [0.15, 0.2) is 0 Å². The van der Waals surface area contributed by atoms with E-state index in [4.69, 9.17) is 5.11 Å². The van der Waals surface area contributed by atoms with Crippen molar-refractivity contribution in [1.29, 1.82) is 0 Å². The van der Waals surface area contributed by atoms with Crippen molar-refractivity contribution in [2.45, 2.75) is 40.0 Å².